The van der Waals surface area contributed by atoms with E-state index in [0.29, 0.717) is 0 Å². The van der Waals surface area contributed by atoms with Gasteiger partial charge in [-0.15, -0.1) is 0 Å². The number of nitrogens with two attached hydrogens (primary N) is 1. The third kappa shape index (κ3) is 2.89. The summed E-state index contributed by atoms with van der Waals surface area (Å²) in [6.07, 6.45) is -0.180. The van der Waals surface area contributed by atoms with E-state index in [1.807, 2.05) is 30.3 Å². The van der Waals surface area contributed by atoms with Gasteiger partial charge in [-0.1, -0.05) is 44.2 Å². The molecule has 120 valence electrons. The Morgan fingerprint density at radius 3 is 2.61 bits per heavy atom. The number of hydrogen-bond acceptors (Lipinski definition) is 3. The zero-order valence-electron chi connectivity index (χ0n) is 13.6. The van der Waals surface area contributed by atoms with Crippen LogP contribution in [0.1, 0.15) is 31.1 Å². The SMILES string of the molecule is COc1cccc(-c2ccc3c(c2)CC(C)(C)C3OC(N)=O)c1. The number of ether oxygens (including phenoxy) is 2. The first-order valence-corrected chi connectivity index (χ1v) is 7.64. The number of rotatable bonds is 3. The minimum absolute atomic E-state index is 0.162. The summed E-state index contributed by atoms with van der Waals surface area (Å²) in [6, 6.07) is 14.2. The van der Waals surface area contributed by atoms with E-state index in [0.717, 1.165) is 28.9 Å². The molecule has 0 radical (unpaired) electrons. The molecule has 0 fully saturated rings. The number of carbonyl (C=O) groups is 1. The van der Waals surface area contributed by atoms with Crippen LogP contribution < -0.4 is 10.5 Å². The summed E-state index contributed by atoms with van der Waals surface area (Å²) in [5.41, 5.74) is 9.53. The van der Waals surface area contributed by atoms with Gasteiger partial charge >= 0.3 is 6.09 Å². The summed E-state index contributed by atoms with van der Waals surface area (Å²) in [5.74, 6) is 0.832. The van der Waals surface area contributed by atoms with Gasteiger partial charge in [0.25, 0.3) is 0 Å². The average Bonchev–Trinajstić information content (AvgIpc) is 2.76. The highest BCUT2D eigenvalue weighted by molar-refractivity contribution is 5.68. The Bertz CT molecular complexity index is 752. The van der Waals surface area contributed by atoms with Crippen LogP contribution in [0.3, 0.4) is 0 Å². The van der Waals surface area contributed by atoms with Crippen LogP contribution in [0.2, 0.25) is 0 Å². The Balaban J connectivity index is 1.99. The highest BCUT2D eigenvalue weighted by Gasteiger charge is 2.41. The van der Waals surface area contributed by atoms with Crippen molar-refractivity contribution in [3.63, 3.8) is 0 Å². The van der Waals surface area contributed by atoms with Gasteiger partial charge < -0.3 is 15.2 Å². The molecule has 0 bridgehead atoms. The number of carbonyl (C=O) groups excluding carboxylic acids is 1. The molecule has 0 heterocycles. The molecule has 2 aromatic rings. The van der Waals surface area contributed by atoms with Crippen molar-refractivity contribution in [2.75, 3.05) is 7.11 Å². The van der Waals surface area contributed by atoms with Gasteiger partial charge in [-0.3, -0.25) is 0 Å². The van der Waals surface area contributed by atoms with Gasteiger partial charge in [0.1, 0.15) is 11.9 Å². The molecule has 1 aliphatic carbocycles. The third-order valence-electron chi connectivity index (χ3n) is 4.42. The maximum Gasteiger partial charge on any atom is 0.405 e. The predicted molar refractivity (Wildman–Crippen MR) is 89.3 cm³/mol. The minimum Gasteiger partial charge on any atom is -0.497 e. The summed E-state index contributed by atoms with van der Waals surface area (Å²) >= 11 is 0. The van der Waals surface area contributed by atoms with Crippen LogP contribution in [0, 0.1) is 5.41 Å². The Labute approximate surface area is 136 Å². The normalized spacial score (nSPS) is 18.3. The molecule has 23 heavy (non-hydrogen) atoms. The molecular weight excluding hydrogens is 290 g/mol. The number of fused-ring (bicyclic) bond motifs is 1. The van der Waals surface area contributed by atoms with Gasteiger partial charge in [-0.25, -0.2) is 4.79 Å². The van der Waals surface area contributed by atoms with Crippen LogP contribution in [0.25, 0.3) is 11.1 Å². The van der Waals surface area contributed by atoms with Crippen molar-refractivity contribution in [1.82, 2.24) is 0 Å². The zero-order valence-corrected chi connectivity index (χ0v) is 13.6. The molecule has 1 amide bonds. The molecule has 0 saturated carbocycles. The summed E-state index contributed by atoms with van der Waals surface area (Å²) in [6.45, 7) is 4.18. The van der Waals surface area contributed by atoms with E-state index in [1.54, 1.807) is 7.11 Å². The van der Waals surface area contributed by atoms with E-state index in [9.17, 15) is 4.79 Å². The lowest BCUT2D eigenvalue weighted by Crippen LogP contribution is -2.25. The van der Waals surface area contributed by atoms with Crippen LogP contribution in [-0.2, 0) is 11.2 Å². The van der Waals surface area contributed by atoms with E-state index in [1.165, 1.54) is 5.56 Å². The van der Waals surface area contributed by atoms with Crippen LogP contribution >= 0.6 is 0 Å². The van der Waals surface area contributed by atoms with Crippen LogP contribution in [0.4, 0.5) is 4.79 Å². The third-order valence-corrected chi connectivity index (χ3v) is 4.42. The molecule has 0 aliphatic heterocycles. The Hall–Kier alpha value is -2.49. The molecule has 3 rings (SSSR count). The van der Waals surface area contributed by atoms with Crippen LogP contribution in [-0.4, -0.2) is 13.2 Å². The largest absolute Gasteiger partial charge is 0.497 e. The highest BCUT2D eigenvalue weighted by Crippen LogP contribution is 2.48. The van der Waals surface area contributed by atoms with Crippen molar-refractivity contribution in [2.24, 2.45) is 11.1 Å². The molecule has 2 aromatic carbocycles. The second-order valence-electron chi connectivity index (χ2n) is 6.63. The molecule has 4 heteroatoms. The number of primary amides is 1. The van der Waals surface area contributed by atoms with Crippen LogP contribution in [0.15, 0.2) is 42.5 Å². The maximum atomic E-state index is 11.2. The van der Waals surface area contributed by atoms with Crippen molar-refractivity contribution >= 4 is 6.09 Å². The van der Waals surface area contributed by atoms with Crippen LogP contribution in [0.5, 0.6) is 5.75 Å². The van der Waals surface area contributed by atoms with E-state index in [4.69, 9.17) is 15.2 Å². The predicted octanol–water partition coefficient (Wildman–Crippen LogP) is 4.08. The highest BCUT2D eigenvalue weighted by atomic mass is 16.6. The summed E-state index contributed by atoms with van der Waals surface area (Å²) < 4.78 is 10.6. The van der Waals surface area contributed by atoms with Crippen molar-refractivity contribution < 1.29 is 14.3 Å². The first kappa shape index (κ1) is 15.4. The first-order chi connectivity index (χ1) is 10.9. The minimum atomic E-state index is -0.729. The number of amides is 1. The first-order valence-electron chi connectivity index (χ1n) is 7.64. The molecule has 4 nitrogen and oxygen atoms in total. The van der Waals surface area contributed by atoms with E-state index < -0.39 is 6.09 Å². The molecule has 2 N–H and O–H groups in total. The Morgan fingerprint density at radius 1 is 1.17 bits per heavy atom. The van der Waals surface area contributed by atoms with Gasteiger partial charge in [0.05, 0.1) is 7.11 Å². The van der Waals surface area contributed by atoms with Crippen molar-refractivity contribution in [3.8, 4) is 16.9 Å². The molecule has 1 unspecified atom stereocenters. The molecule has 0 spiro atoms. The lowest BCUT2D eigenvalue weighted by atomic mass is 9.87. The fourth-order valence-corrected chi connectivity index (χ4v) is 3.34. The zero-order chi connectivity index (χ0) is 16.6. The lowest BCUT2D eigenvalue weighted by molar-refractivity contribution is 0.0392. The maximum absolute atomic E-state index is 11.2. The smallest absolute Gasteiger partial charge is 0.405 e. The summed E-state index contributed by atoms with van der Waals surface area (Å²) in [5, 5.41) is 0. The standard InChI is InChI=1S/C19H21NO3/c1-19(2)11-14-9-13(12-5-4-6-15(10-12)22-3)7-8-16(14)17(19)23-18(20)21/h4-10,17H,11H2,1-3H3,(H2,20,21). The fourth-order valence-electron chi connectivity index (χ4n) is 3.34. The summed E-state index contributed by atoms with van der Waals surface area (Å²) in [7, 11) is 1.66. The summed E-state index contributed by atoms with van der Waals surface area (Å²) in [4.78, 5) is 11.2. The topological polar surface area (TPSA) is 61.6 Å². The monoisotopic (exact) mass is 311 g/mol. The molecule has 1 atom stereocenters. The van der Waals surface area contributed by atoms with Gasteiger partial charge in [-0.2, -0.15) is 0 Å². The molecular formula is C19H21NO3. The van der Waals surface area contributed by atoms with Gasteiger partial charge in [0.2, 0.25) is 0 Å². The fraction of sp³-hybridized carbons (Fsp3) is 0.316. The quantitative estimate of drug-likeness (QED) is 0.929. The molecule has 1 aliphatic rings. The number of methoxy groups -OCH3 is 1. The molecule has 0 aromatic heterocycles. The second kappa shape index (κ2) is 5.61. The Morgan fingerprint density at radius 2 is 1.91 bits per heavy atom. The van der Waals surface area contributed by atoms with E-state index in [-0.39, 0.29) is 11.5 Å². The van der Waals surface area contributed by atoms with E-state index in [2.05, 4.69) is 26.0 Å². The van der Waals surface area contributed by atoms with E-state index >= 15 is 0 Å². The van der Waals surface area contributed by atoms with Gasteiger partial charge in [-0.05, 0) is 40.8 Å². The second-order valence-corrected chi connectivity index (χ2v) is 6.63. The Kier molecular flexibility index (Phi) is 3.76. The lowest BCUT2D eigenvalue weighted by Gasteiger charge is -2.26. The number of hydrogen-bond donors (Lipinski definition) is 1. The van der Waals surface area contributed by atoms with Crippen molar-refractivity contribution in [1.29, 1.82) is 0 Å². The van der Waals surface area contributed by atoms with Gasteiger partial charge in [0, 0.05) is 5.41 Å². The molecule has 0 saturated heterocycles. The van der Waals surface area contributed by atoms with Crippen molar-refractivity contribution in [2.45, 2.75) is 26.4 Å². The van der Waals surface area contributed by atoms with Crippen molar-refractivity contribution in [3.05, 3.63) is 53.6 Å². The number of benzene rings is 2. The van der Waals surface area contributed by atoms with Gasteiger partial charge in [0.15, 0.2) is 0 Å². The average molecular weight is 311 g/mol.